The van der Waals surface area contributed by atoms with Crippen LogP contribution in [0.15, 0.2) is 18.2 Å². The average molecular weight is 307 g/mol. The highest BCUT2D eigenvalue weighted by Gasteiger charge is 2.39. The van der Waals surface area contributed by atoms with Gasteiger partial charge in [0.2, 0.25) is 0 Å². The highest BCUT2D eigenvalue weighted by Crippen LogP contribution is 2.30. The molecule has 1 heterocycles. The molecule has 0 saturated heterocycles. The minimum atomic E-state index is -4.66. The van der Waals surface area contributed by atoms with E-state index in [1.807, 2.05) is 13.8 Å². The molecule has 3 nitrogen and oxygen atoms in total. The molecular weight excluding hydrogens is 293 g/mol. The zero-order chi connectivity index (χ0) is 15.1. The molecule has 0 fully saturated rings. The highest BCUT2D eigenvalue weighted by molar-refractivity contribution is 6.35. The molecule has 2 aromatic rings. The predicted octanol–water partition coefficient (Wildman–Crippen LogP) is 3.74. The fourth-order valence-corrected chi connectivity index (χ4v) is 2.40. The Hall–Kier alpha value is -1.27. The Bertz CT molecular complexity index is 622. The van der Waals surface area contributed by atoms with Gasteiger partial charge in [0.15, 0.2) is 6.10 Å². The Balaban J connectivity index is 2.53. The second-order valence-electron chi connectivity index (χ2n) is 4.86. The van der Waals surface area contributed by atoms with Gasteiger partial charge in [-0.15, -0.1) is 0 Å². The summed E-state index contributed by atoms with van der Waals surface area (Å²) in [5.41, 5.74) is 1.11. The summed E-state index contributed by atoms with van der Waals surface area (Å²) in [5, 5.41) is 9.66. The first-order chi connectivity index (χ1) is 9.21. The number of aromatic nitrogens is 2. The lowest BCUT2D eigenvalue weighted by atomic mass is 10.2. The van der Waals surface area contributed by atoms with E-state index < -0.39 is 18.7 Å². The first-order valence-electron chi connectivity index (χ1n) is 6.12. The Morgan fingerprint density at radius 1 is 1.35 bits per heavy atom. The molecule has 1 aromatic carbocycles. The van der Waals surface area contributed by atoms with Crippen LogP contribution in [-0.2, 0) is 6.42 Å². The molecule has 2 rings (SSSR count). The van der Waals surface area contributed by atoms with Crippen molar-refractivity contribution in [2.75, 3.05) is 0 Å². The summed E-state index contributed by atoms with van der Waals surface area (Å²) >= 11 is 6.10. The van der Waals surface area contributed by atoms with Gasteiger partial charge in [0.05, 0.1) is 16.1 Å². The number of aliphatic hydroxyl groups is 1. The third-order valence-corrected chi connectivity index (χ3v) is 3.31. The van der Waals surface area contributed by atoms with Crippen LogP contribution >= 0.6 is 11.6 Å². The van der Waals surface area contributed by atoms with Crippen molar-refractivity contribution in [2.45, 2.75) is 38.6 Å². The molecule has 0 aliphatic heterocycles. The summed E-state index contributed by atoms with van der Waals surface area (Å²) in [5.74, 6) is 0.174. The maximum atomic E-state index is 12.5. The van der Waals surface area contributed by atoms with Crippen LogP contribution in [0.2, 0.25) is 5.02 Å². The number of nitrogens with zero attached hydrogens (tertiary/aromatic N) is 2. The number of hydrogen-bond acceptors (Lipinski definition) is 2. The van der Waals surface area contributed by atoms with Gasteiger partial charge in [-0.3, -0.25) is 0 Å². The molecule has 7 heteroatoms. The lowest BCUT2D eigenvalue weighted by Gasteiger charge is -2.17. The van der Waals surface area contributed by atoms with Gasteiger partial charge >= 0.3 is 6.18 Å². The van der Waals surface area contributed by atoms with Gasteiger partial charge in [-0.2, -0.15) is 13.2 Å². The first kappa shape index (κ1) is 15.1. The predicted molar refractivity (Wildman–Crippen MR) is 70.9 cm³/mol. The minimum Gasteiger partial charge on any atom is -0.383 e. The van der Waals surface area contributed by atoms with E-state index in [2.05, 4.69) is 4.98 Å². The summed E-state index contributed by atoms with van der Waals surface area (Å²) in [6, 6.07) is 4.92. The van der Waals surface area contributed by atoms with Crippen LogP contribution in [-0.4, -0.2) is 26.9 Å². The molecule has 110 valence electrons. The molecule has 0 radical (unpaired) electrons. The van der Waals surface area contributed by atoms with Crippen LogP contribution in [0.25, 0.3) is 11.0 Å². The van der Waals surface area contributed by atoms with Crippen molar-refractivity contribution in [3.8, 4) is 0 Å². The van der Waals surface area contributed by atoms with Crippen LogP contribution < -0.4 is 0 Å². The lowest BCUT2D eigenvalue weighted by Crippen LogP contribution is -2.31. The maximum Gasteiger partial charge on any atom is 0.414 e. The van der Waals surface area contributed by atoms with Crippen LogP contribution in [0.3, 0.4) is 0 Å². The smallest absolute Gasteiger partial charge is 0.383 e. The molecule has 0 aliphatic rings. The molecule has 0 amide bonds. The number of alkyl halides is 3. The monoisotopic (exact) mass is 306 g/mol. The summed E-state index contributed by atoms with van der Waals surface area (Å²) < 4.78 is 39.1. The number of hydrogen-bond donors (Lipinski definition) is 1. The topological polar surface area (TPSA) is 38.0 Å². The molecule has 0 spiro atoms. The minimum absolute atomic E-state index is 0.115. The van der Waals surface area contributed by atoms with Crippen molar-refractivity contribution < 1.29 is 18.3 Å². The zero-order valence-corrected chi connectivity index (χ0v) is 11.7. The zero-order valence-electron chi connectivity index (χ0n) is 10.9. The molecule has 1 unspecified atom stereocenters. The number of halogens is 4. The van der Waals surface area contributed by atoms with Crippen LogP contribution in [0.5, 0.6) is 0 Å². The molecule has 0 saturated carbocycles. The molecule has 1 aromatic heterocycles. The van der Waals surface area contributed by atoms with Crippen molar-refractivity contribution in [2.24, 2.45) is 0 Å². The molecular formula is C13H14ClF3N2O. The Labute approximate surface area is 119 Å². The fraction of sp³-hybridized carbons (Fsp3) is 0.462. The quantitative estimate of drug-likeness (QED) is 0.938. The number of rotatable bonds is 3. The van der Waals surface area contributed by atoms with E-state index in [1.165, 1.54) is 0 Å². The number of para-hydroxylation sites is 1. The van der Waals surface area contributed by atoms with E-state index in [0.717, 1.165) is 0 Å². The summed E-state index contributed by atoms with van der Waals surface area (Å²) in [4.78, 5) is 4.17. The van der Waals surface area contributed by atoms with Gasteiger partial charge in [0.25, 0.3) is 0 Å². The molecule has 1 atom stereocenters. The van der Waals surface area contributed by atoms with Crippen LogP contribution in [0, 0.1) is 0 Å². The van der Waals surface area contributed by atoms with E-state index in [0.29, 0.717) is 16.1 Å². The maximum absolute atomic E-state index is 12.5. The highest BCUT2D eigenvalue weighted by atomic mass is 35.5. The standard InChI is InChI=1S/C13H14ClF3N2O/c1-7(2)19-11(6-10(20)13(15,16)17)18-9-5-3-4-8(14)12(9)19/h3-5,7,10,20H,6H2,1-2H3. The van der Waals surface area contributed by atoms with Crippen molar-refractivity contribution in [1.29, 1.82) is 0 Å². The number of aliphatic hydroxyl groups excluding tert-OH is 1. The van der Waals surface area contributed by atoms with Gasteiger partial charge in [0, 0.05) is 12.5 Å². The van der Waals surface area contributed by atoms with Gasteiger partial charge in [-0.1, -0.05) is 17.7 Å². The average Bonchev–Trinajstić information content (AvgIpc) is 2.67. The van der Waals surface area contributed by atoms with E-state index in [9.17, 15) is 18.3 Å². The number of fused-ring (bicyclic) bond motifs is 1. The molecule has 1 N–H and O–H groups in total. The Morgan fingerprint density at radius 2 is 2.00 bits per heavy atom. The second-order valence-corrected chi connectivity index (χ2v) is 5.27. The number of benzene rings is 1. The van der Waals surface area contributed by atoms with E-state index in [-0.39, 0.29) is 11.9 Å². The molecule has 0 bridgehead atoms. The SMILES string of the molecule is CC(C)n1c(CC(O)C(F)(F)F)nc2cccc(Cl)c21. The van der Waals surface area contributed by atoms with Crippen molar-refractivity contribution >= 4 is 22.6 Å². The second kappa shape index (κ2) is 5.26. The lowest BCUT2D eigenvalue weighted by molar-refractivity contribution is -0.203. The molecule has 20 heavy (non-hydrogen) atoms. The summed E-state index contributed by atoms with van der Waals surface area (Å²) in [6.07, 6.45) is -7.69. The van der Waals surface area contributed by atoms with Gasteiger partial charge in [-0.25, -0.2) is 4.98 Å². The largest absolute Gasteiger partial charge is 0.414 e. The van der Waals surface area contributed by atoms with Gasteiger partial charge in [0.1, 0.15) is 5.82 Å². The van der Waals surface area contributed by atoms with Crippen molar-refractivity contribution in [3.05, 3.63) is 29.0 Å². The van der Waals surface area contributed by atoms with E-state index in [4.69, 9.17) is 11.6 Å². The number of imidazole rings is 1. The normalized spacial score (nSPS) is 14.2. The van der Waals surface area contributed by atoms with Crippen molar-refractivity contribution in [1.82, 2.24) is 9.55 Å². The van der Waals surface area contributed by atoms with Crippen molar-refractivity contribution in [3.63, 3.8) is 0 Å². The molecule has 0 aliphatic carbocycles. The fourth-order valence-electron chi connectivity index (χ4n) is 2.14. The Morgan fingerprint density at radius 3 is 2.55 bits per heavy atom. The first-order valence-corrected chi connectivity index (χ1v) is 6.49. The van der Waals surface area contributed by atoms with Gasteiger partial charge < -0.3 is 9.67 Å². The Kier molecular flexibility index (Phi) is 3.97. The van der Waals surface area contributed by atoms with E-state index in [1.54, 1.807) is 22.8 Å². The van der Waals surface area contributed by atoms with Crippen LogP contribution in [0.1, 0.15) is 25.7 Å². The third-order valence-electron chi connectivity index (χ3n) is 3.00. The van der Waals surface area contributed by atoms with Gasteiger partial charge in [-0.05, 0) is 26.0 Å². The van der Waals surface area contributed by atoms with Crippen LogP contribution in [0.4, 0.5) is 13.2 Å². The van der Waals surface area contributed by atoms with E-state index >= 15 is 0 Å². The summed E-state index contributed by atoms with van der Waals surface area (Å²) in [6.45, 7) is 3.65. The summed E-state index contributed by atoms with van der Waals surface area (Å²) in [7, 11) is 0. The third kappa shape index (κ3) is 2.76.